The van der Waals surface area contributed by atoms with E-state index in [0.717, 1.165) is 51.4 Å². The van der Waals surface area contributed by atoms with Crippen molar-refractivity contribution >= 4 is 17.8 Å². The average molecular weight is 433 g/mol. The number of aromatic hydroxyl groups is 1. The number of nitrogens with one attached hydrogen (secondary N) is 4. The van der Waals surface area contributed by atoms with E-state index in [1.165, 1.54) is 6.07 Å². The highest BCUT2D eigenvalue weighted by atomic mass is 16.3. The van der Waals surface area contributed by atoms with Crippen LogP contribution in [0.15, 0.2) is 29.3 Å². The second-order valence-electron chi connectivity index (χ2n) is 7.58. The van der Waals surface area contributed by atoms with Gasteiger partial charge in [-0.05, 0) is 38.3 Å². The van der Waals surface area contributed by atoms with Crippen LogP contribution in [0.4, 0.5) is 0 Å². The monoisotopic (exact) mass is 432 g/mol. The van der Waals surface area contributed by atoms with Gasteiger partial charge in [-0.2, -0.15) is 0 Å². The molecule has 0 radical (unpaired) electrons. The second-order valence-corrected chi connectivity index (χ2v) is 7.58. The minimum absolute atomic E-state index is 0.0345. The number of amides is 2. The normalized spacial score (nSPS) is 15.4. The zero-order chi connectivity index (χ0) is 22.5. The summed E-state index contributed by atoms with van der Waals surface area (Å²) in [5, 5.41) is 22.1. The number of guanidine groups is 1. The van der Waals surface area contributed by atoms with Crippen molar-refractivity contribution in [3.63, 3.8) is 0 Å². The lowest BCUT2D eigenvalue weighted by molar-refractivity contribution is -0.122. The topological polar surface area (TPSA) is 118 Å². The number of hydrogen-bond acceptors (Lipinski definition) is 5. The molecule has 9 nitrogen and oxygen atoms in total. The third-order valence-electron chi connectivity index (χ3n) is 5.03. The standard InChI is InChI=1S/C22H36N6O3/c1-3-11-24-20(30)16-28-14-9-17(10-15-28)27-22(23-4-2)26-13-12-25-21(31)18-7-5-6-8-19(18)29/h5-8,17,29H,3-4,9-16H2,1-2H3,(H,24,30)(H,25,31)(H2,23,26,27). The summed E-state index contributed by atoms with van der Waals surface area (Å²) in [6.45, 7) is 8.51. The Labute approximate surface area is 184 Å². The number of benzene rings is 1. The zero-order valence-corrected chi connectivity index (χ0v) is 18.6. The first-order valence-corrected chi connectivity index (χ1v) is 11.1. The van der Waals surface area contributed by atoms with Crippen molar-refractivity contribution in [2.75, 3.05) is 45.8 Å². The van der Waals surface area contributed by atoms with Crippen molar-refractivity contribution in [2.24, 2.45) is 4.99 Å². The number of likely N-dealkylation sites (tertiary alicyclic amines) is 1. The number of aliphatic imine (C=N–C) groups is 1. The van der Waals surface area contributed by atoms with Gasteiger partial charge in [0.05, 0.1) is 18.7 Å². The van der Waals surface area contributed by atoms with Crippen molar-refractivity contribution in [3.8, 4) is 5.75 Å². The Kier molecular flexibility index (Phi) is 10.6. The highest BCUT2D eigenvalue weighted by molar-refractivity contribution is 5.96. The van der Waals surface area contributed by atoms with E-state index in [4.69, 9.17) is 0 Å². The predicted octanol–water partition coefficient (Wildman–Crippen LogP) is 0.668. The van der Waals surface area contributed by atoms with Crippen molar-refractivity contribution in [3.05, 3.63) is 29.8 Å². The van der Waals surface area contributed by atoms with Gasteiger partial charge in [0.25, 0.3) is 5.91 Å². The second kappa shape index (κ2) is 13.5. The number of carbonyl (C=O) groups excluding carboxylic acids is 2. The van der Waals surface area contributed by atoms with Gasteiger partial charge in [-0.3, -0.25) is 19.5 Å². The Balaban J connectivity index is 1.73. The van der Waals surface area contributed by atoms with Crippen molar-refractivity contribution in [1.82, 2.24) is 26.2 Å². The summed E-state index contributed by atoms with van der Waals surface area (Å²) >= 11 is 0. The van der Waals surface area contributed by atoms with Crippen LogP contribution >= 0.6 is 0 Å². The highest BCUT2D eigenvalue weighted by Crippen LogP contribution is 2.14. The molecule has 1 fully saturated rings. The third kappa shape index (κ3) is 8.84. The molecule has 1 aliphatic heterocycles. The lowest BCUT2D eigenvalue weighted by Crippen LogP contribution is -2.50. The van der Waals surface area contributed by atoms with Gasteiger partial charge in [-0.15, -0.1) is 0 Å². The molecule has 172 valence electrons. The molecule has 5 N–H and O–H groups in total. The summed E-state index contributed by atoms with van der Waals surface area (Å²) in [6, 6.07) is 6.76. The van der Waals surface area contributed by atoms with Gasteiger partial charge in [-0.25, -0.2) is 0 Å². The van der Waals surface area contributed by atoms with E-state index in [-0.39, 0.29) is 23.1 Å². The van der Waals surface area contributed by atoms with Crippen LogP contribution in [0, 0.1) is 0 Å². The summed E-state index contributed by atoms with van der Waals surface area (Å²) < 4.78 is 0. The number of phenols is 1. The molecule has 0 spiro atoms. The predicted molar refractivity (Wildman–Crippen MR) is 122 cm³/mol. The number of nitrogens with zero attached hydrogens (tertiary/aromatic N) is 2. The summed E-state index contributed by atoms with van der Waals surface area (Å²) in [5.41, 5.74) is 0.256. The average Bonchev–Trinajstić information content (AvgIpc) is 2.77. The Hall–Kier alpha value is -2.81. The molecule has 0 aromatic heterocycles. The smallest absolute Gasteiger partial charge is 0.255 e. The van der Waals surface area contributed by atoms with Crippen LogP contribution in [0.2, 0.25) is 0 Å². The molecule has 1 saturated heterocycles. The van der Waals surface area contributed by atoms with Crippen molar-refractivity contribution in [1.29, 1.82) is 0 Å². The van der Waals surface area contributed by atoms with Gasteiger partial charge in [0.2, 0.25) is 5.91 Å². The molecule has 1 aromatic rings. The number of phenolic OH excluding ortho intramolecular Hbond substituents is 1. The lowest BCUT2D eigenvalue weighted by atomic mass is 10.1. The molecule has 0 bridgehead atoms. The quantitative estimate of drug-likeness (QED) is 0.211. The van der Waals surface area contributed by atoms with Crippen LogP contribution in [0.1, 0.15) is 43.5 Å². The molecule has 1 aliphatic rings. The minimum Gasteiger partial charge on any atom is -0.507 e. The first-order valence-electron chi connectivity index (χ1n) is 11.1. The number of rotatable bonds is 10. The highest BCUT2D eigenvalue weighted by Gasteiger charge is 2.21. The van der Waals surface area contributed by atoms with Crippen LogP contribution < -0.4 is 21.3 Å². The number of piperidine rings is 1. The third-order valence-corrected chi connectivity index (χ3v) is 5.03. The van der Waals surface area contributed by atoms with Gasteiger partial charge in [-0.1, -0.05) is 19.1 Å². The van der Waals surface area contributed by atoms with Crippen LogP contribution in [0.25, 0.3) is 0 Å². The van der Waals surface area contributed by atoms with E-state index >= 15 is 0 Å². The van der Waals surface area contributed by atoms with E-state index in [1.807, 2.05) is 13.8 Å². The number of hydrogen-bond donors (Lipinski definition) is 5. The molecule has 31 heavy (non-hydrogen) atoms. The van der Waals surface area contributed by atoms with Gasteiger partial charge in [0, 0.05) is 38.8 Å². The van der Waals surface area contributed by atoms with E-state index in [0.29, 0.717) is 25.7 Å². The van der Waals surface area contributed by atoms with Crippen molar-refractivity contribution < 1.29 is 14.7 Å². The fourth-order valence-corrected chi connectivity index (χ4v) is 3.37. The summed E-state index contributed by atoms with van der Waals surface area (Å²) in [4.78, 5) is 30.7. The summed E-state index contributed by atoms with van der Waals surface area (Å²) in [5.74, 6) is 0.460. The fourth-order valence-electron chi connectivity index (χ4n) is 3.37. The first-order chi connectivity index (χ1) is 15.0. The zero-order valence-electron chi connectivity index (χ0n) is 18.6. The van der Waals surface area contributed by atoms with E-state index in [2.05, 4.69) is 31.2 Å². The van der Waals surface area contributed by atoms with E-state index in [9.17, 15) is 14.7 Å². The van der Waals surface area contributed by atoms with Crippen molar-refractivity contribution in [2.45, 2.75) is 39.2 Å². The number of carbonyl (C=O) groups is 2. The Morgan fingerprint density at radius 1 is 1.10 bits per heavy atom. The first kappa shape index (κ1) is 24.5. The molecule has 1 heterocycles. The SMILES string of the molecule is CCCNC(=O)CN1CCC(NC(=NCCNC(=O)c2ccccc2O)NCC)CC1. The molecule has 1 aromatic carbocycles. The summed E-state index contributed by atoms with van der Waals surface area (Å²) in [6.07, 6.45) is 2.83. The molecule has 9 heteroatoms. The van der Waals surface area contributed by atoms with Crippen LogP contribution in [-0.2, 0) is 4.79 Å². The largest absolute Gasteiger partial charge is 0.507 e. The van der Waals surface area contributed by atoms with Gasteiger partial charge < -0.3 is 26.4 Å². The van der Waals surface area contributed by atoms with Crippen LogP contribution in [0.3, 0.4) is 0 Å². The Bertz CT molecular complexity index is 732. The van der Waals surface area contributed by atoms with Gasteiger partial charge >= 0.3 is 0 Å². The minimum atomic E-state index is -0.318. The van der Waals surface area contributed by atoms with E-state index in [1.54, 1.807) is 18.2 Å². The Morgan fingerprint density at radius 3 is 2.52 bits per heavy atom. The Morgan fingerprint density at radius 2 is 1.84 bits per heavy atom. The maximum atomic E-state index is 12.1. The van der Waals surface area contributed by atoms with Crippen LogP contribution in [0.5, 0.6) is 5.75 Å². The van der Waals surface area contributed by atoms with Gasteiger partial charge in [0.1, 0.15) is 5.75 Å². The molecular formula is C22H36N6O3. The molecular weight excluding hydrogens is 396 g/mol. The molecule has 0 unspecified atom stereocenters. The maximum Gasteiger partial charge on any atom is 0.255 e. The van der Waals surface area contributed by atoms with Crippen LogP contribution in [-0.4, -0.2) is 79.6 Å². The molecule has 2 rings (SSSR count). The fraction of sp³-hybridized carbons (Fsp3) is 0.591. The summed E-state index contributed by atoms with van der Waals surface area (Å²) in [7, 11) is 0. The molecule has 0 saturated carbocycles. The molecule has 0 atom stereocenters. The number of para-hydroxylation sites is 1. The lowest BCUT2D eigenvalue weighted by Gasteiger charge is -2.32. The molecule has 2 amide bonds. The molecule has 0 aliphatic carbocycles. The van der Waals surface area contributed by atoms with Gasteiger partial charge in [0.15, 0.2) is 5.96 Å². The van der Waals surface area contributed by atoms with E-state index < -0.39 is 0 Å². The maximum absolute atomic E-state index is 12.1.